The van der Waals surface area contributed by atoms with E-state index >= 15 is 0 Å². The molecule has 232 valence electrons. The van der Waals surface area contributed by atoms with Crippen LogP contribution in [0.15, 0.2) is 11.6 Å². The van der Waals surface area contributed by atoms with Gasteiger partial charge < -0.3 is 20.7 Å². The number of ether oxygens (including phenoxy) is 1. The molecule has 1 aromatic heterocycles. The van der Waals surface area contributed by atoms with Gasteiger partial charge in [0.1, 0.15) is 17.0 Å². The fraction of sp³-hybridized carbons (Fsp3) is 0.758. The van der Waals surface area contributed by atoms with Gasteiger partial charge in [-0.15, -0.1) is 11.3 Å². The number of aliphatic hydroxyl groups excluding tert-OH is 1. The van der Waals surface area contributed by atoms with E-state index in [1.165, 1.54) is 30.8 Å². The van der Waals surface area contributed by atoms with Crippen molar-refractivity contribution >= 4 is 34.0 Å². The Morgan fingerprint density at radius 1 is 1.17 bits per heavy atom. The van der Waals surface area contributed by atoms with Gasteiger partial charge in [-0.25, -0.2) is 4.98 Å². The van der Waals surface area contributed by atoms with Crippen LogP contribution in [0.2, 0.25) is 0 Å². The van der Waals surface area contributed by atoms with E-state index in [1.807, 2.05) is 6.92 Å². The Bertz CT molecular complexity index is 1380. The van der Waals surface area contributed by atoms with Crippen LogP contribution < -0.4 is 5.73 Å². The van der Waals surface area contributed by atoms with Gasteiger partial charge in [-0.2, -0.15) is 0 Å². The number of hydrogen-bond donors (Lipinski definition) is 3. The third-order valence-electron chi connectivity index (χ3n) is 12.3. The molecule has 0 radical (unpaired) electrons. The van der Waals surface area contributed by atoms with Gasteiger partial charge in [-0.05, 0) is 69.1 Å². The van der Waals surface area contributed by atoms with Crippen LogP contribution in [0, 0.1) is 34.0 Å². The van der Waals surface area contributed by atoms with E-state index in [1.54, 1.807) is 13.8 Å². The van der Waals surface area contributed by atoms with Gasteiger partial charge in [0.2, 0.25) is 0 Å². The highest BCUT2D eigenvalue weighted by molar-refractivity contribution is 7.15. The lowest BCUT2D eigenvalue weighted by molar-refractivity contribution is -0.182. The minimum Gasteiger partial charge on any atom is -0.460 e. The molecule has 0 amide bonds. The first kappa shape index (κ1) is 31.3. The summed E-state index contributed by atoms with van der Waals surface area (Å²) in [6.07, 6.45) is 3.58. The van der Waals surface area contributed by atoms with Gasteiger partial charge in [-0.1, -0.05) is 46.3 Å². The second-order valence-corrected chi connectivity index (χ2v) is 16.7. The lowest BCUT2D eigenvalue weighted by Crippen LogP contribution is -2.64. The van der Waals surface area contributed by atoms with Crippen molar-refractivity contribution in [3.05, 3.63) is 22.2 Å². The van der Waals surface area contributed by atoms with E-state index < -0.39 is 51.2 Å². The van der Waals surface area contributed by atoms with Crippen LogP contribution in [-0.4, -0.2) is 50.0 Å². The number of nitrogens with zero attached hydrogens (tertiary/aromatic N) is 1. The molecule has 0 aliphatic heterocycles. The number of ketones is 2. The lowest BCUT2D eigenvalue weighted by Gasteiger charge is -2.64. The highest BCUT2D eigenvalue weighted by Gasteiger charge is 2.74. The molecule has 0 bridgehead atoms. The Hall–Kier alpha value is -2.10. The van der Waals surface area contributed by atoms with Crippen molar-refractivity contribution in [1.29, 1.82) is 0 Å². The molecule has 0 aromatic carbocycles. The maximum absolute atomic E-state index is 14.6. The van der Waals surface area contributed by atoms with Crippen LogP contribution in [0.25, 0.3) is 0 Å². The Morgan fingerprint density at radius 3 is 2.43 bits per heavy atom. The fourth-order valence-corrected chi connectivity index (χ4v) is 11.1. The van der Waals surface area contributed by atoms with Crippen molar-refractivity contribution in [2.75, 3.05) is 5.73 Å². The SMILES string of the molecule is CC(=O)OC(C)(C)CCC(=O)[C@](C)(O)[C@H]1[C@H](O)C[C@@]2(C)[C@@H]3CC=C4[C@@H](Cc5sc(N)nc5C4(C)C)[C@]3(C)C(=O)C[C@]12C. The molecule has 8 atom stereocenters. The number of nitrogens with two attached hydrogens (primary N) is 1. The van der Waals surface area contributed by atoms with Gasteiger partial charge in [0, 0.05) is 41.4 Å². The topological polar surface area (TPSA) is 140 Å². The van der Waals surface area contributed by atoms with E-state index in [0.29, 0.717) is 24.4 Å². The summed E-state index contributed by atoms with van der Waals surface area (Å²) in [4.78, 5) is 45.5. The fourth-order valence-electron chi connectivity index (χ4n) is 10.1. The molecule has 9 heteroatoms. The number of Topliss-reactive ketones (excluding diaryl/α,β-unsaturated/α-hetero) is 2. The van der Waals surface area contributed by atoms with Gasteiger partial charge in [0.05, 0.1) is 11.8 Å². The molecule has 2 saturated carbocycles. The predicted molar refractivity (Wildman–Crippen MR) is 162 cm³/mol. The van der Waals surface area contributed by atoms with E-state index in [-0.39, 0.29) is 42.3 Å². The van der Waals surface area contributed by atoms with E-state index in [4.69, 9.17) is 10.5 Å². The maximum atomic E-state index is 14.6. The number of nitrogen functional groups attached to an aromatic ring is 1. The zero-order valence-corrected chi connectivity index (χ0v) is 27.4. The minimum absolute atomic E-state index is 0.00526. The predicted octanol–water partition coefficient (Wildman–Crippen LogP) is 4.94. The van der Waals surface area contributed by atoms with E-state index in [0.717, 1.165) is 10.6 Å². The molecule has 1 heterocycles. The zero-order chi connectivity index (χ0) is 31.4. The number of aliphatic hydroxyl groups is 2. The number of hydrogen-bond acceptors (Lipinski definition) is 9. The maximum Gasteiger partial charge on any atom is 0.303 e. The molecule has 0 unspecified atom stereocenters. The van der Waals surface area contributed by atoms with Crippen LogP contribution in [0.1, 0.15) is 105 Å². The summed E-state index contributed by atoms with van der Waals surface area (Å²) in [5.74, 6) is -1.59. The number of carbonyl (C=O) groups is 3. The lowest BCUT2D eigenvalue weighted by atomic mass is 9.38. The molecule has 4 aliphatic rings. The Labute approximate surface area is 253 Å². The third-order valence-corrected chi connectivity index (χ3v) is 13.2. The van der Waals surface area contributed by atoms with E-state index in [9.17, 15) is 24.6 Å². The monoisotopic (exact) mass is 600 g/mol. The second-order valence-electron chi connectivity index (χ2n) is 15.5. The van der Waals surface area contributed by atoms with Crippen LogP contribution >= 0.6 is 11.3 Å². The van der Waals surface area contributed by atoms with Crippen molar-refractivity contribution in [2.45, 2.75) is 124 Å². The third kappa shape index (κ3) is 4.20. The van der Waals surface area contributed by atoms with Gasteiger partial charge in [0.25, 0.3) is 0 Å². The quantitative estimate of drug-likeness (QED) is 0.308. The molecule has 8 nitrogen and oxygen atoms in total. The van der Waals surface area contributed by atoms with Crippen molar-refractivity contribution in [2.24, 2.45) is 34.0 Å². The van der Waals surface area contributed by atoms with Crippen LogP contribution in [-0.2, 0) is 31.0 Å². The van der Waals surface area contributed by atoms with Gasteiger partial charge in [0.15, 0.2) is 10.9 Å². The summed E-state index contributed by atoms with van der Waals surface area (Å²) in [5, 5.41) is 24.1. The Balaban J connectivity index is 1.50. The molecule has 2 fully saturated rings. The minimum atomic E-state index is -1.86. The average molecular weight is 601 g/mol. The molecular formula is C33H48N2O6S. The first-order valence-corrected chi connectivity index (χ1v) is 16.1. The van der Waals surface area contributed by atoms with Crippen molar-refractivity contribution in [1.82, 2.24) is 4.98 Å². The highest BCUT2D eigenvalue weighted by atomic mass is 32.1. The molecule has 4 aliphatic carbocycles. The molecule has 5 rings (SSSR count). The van der Waals surface area contributed by atoms with Crippen molar-refractivity contribution in [3.8, 4) is 0 Å². The summed E-state index contributed by atoms with van der Waals surface area (Å²) >= 11 is 1.51. The summed E-state index contributed by atoms with van der Waals surface area (Å²) in [7, 11) is 0. The number of rotatable bonds is 6. The van der Waals surface area contributed by atoms with Crippen LogP contribution in [0.5, 0.6) is 0 Å². The molecule has 42 heavy (non-hydrogen) atoms. The number of esters is 1. The summed E-state index contributed by atoms with van der Waals surface area (Å²) in [5.41, 5.74) is 3.39. The highest BCUT2D eigenvalue weighted by Crippen LogP contribution is 2.74. The largest absolute Gasteiger partial charge is 0.460 e. The number of fused-ring (bicyclic) bond motifs is 6. The van der Waals surface area contributed by atoms with Crippen LogP contribution in [0.4, 0.5) is 5.13 Å². The second kappa shape index (κ2) is 9.45. The number of allylic oxidation sites excluding steroid dienone is 2. The molecular weight excluding hydrogens is 552 g/mol. The molecule has 0 spiro atoms. The number of anilines is 1. The Kier molecular flexibility index (Phi) is 7.05. The standard InChI is InChI=1S/C33H48N2O6S/c1-17(36)41-28(2,3)13-12-23(38)33(9,40)25-20(37)15-30(6)22-11-10-18-19(32(22,8)24(39)16-31(25,30)7)14-21-26(29(18,4)5)35-27(34)42-21/h10,19-20,22,25,37,40H,11-16H2,1-9H3,(H2,34,35)/t19-,20-,22+,25+,30+,31-,32+,33+/m1/s1. The van der Waals surface area contributed by atoms with E-state index in [2.05, 4.69) is 38.8 Å². The van der Waals surface area contributed by atoms with Crippen molar-refractivity contribution < 1.29 is 29.3 Å². The summed E-state index contributed by atoms with van der Waals surface area (Å²) in [6.45, 7) is 16.9. The first-order valence-electron chi connectivity index (χ1n) is 15.3. The van der Waals surface area contributed by atoms with Crippen molar-refractivity contribution in [3.63, 3.8) is 0 Å². The van der Waals surface area contributed by atoms with Gasteiger partial charge >= 0.3 is 5.97 Å². The molecule has 1 aromatic rings. The number of thiazole rings is 1. The molecule has 0 saturated heterocycles. The number of carbonyl (C=O) groups excluding carboxylic acids is 3. The first-order chi connectivity index (χ1) is 19.1. The number of aromatic nitrogens is 1. The zero-order valence-electron chi connectivity index (χ0n) is 26.6. The smallest absolute Gasteiger partial charge is 0.303 e. The average Bonchev–Trinajstić information content (AvgIpc) is 3.31. The normalized spacial score (nSPS) is 38.4. The summed E-state index contributed by atoms with van der Waals surface area (Å²) < 4.78 is 5.35. The van der Waals surface area contributed by atoms with Gasteiger partial charge in [-0.3, -0.25) is 14.4 Å². The van der Waals surface area contributed by atoms with Crippen LogP contribution in [0.3, 0.4) is 0 Å². The summed E-state index contributed by atoms with van der Waals surface area (Å²) in [6, 6.07) is 0. The molecule has 4 N–H and O–H groups in total. The Morgan fingerprint density at radius 2 is 1.81 bits per heavy atom.